The number of likely N-dealkylation sites (N-methyl/N-ethyl adjacent to an activating group) is 1. The van der Waals surface area contributed by atoms with Crippen LogP contribution in [0, 0.1) is 0 Å². The van der Waals surface area contributed by atoms with Crippen LogP contribution in [0.1, 0.15) is 90.3 Å². The van der Waals surface area contributed by atoms with Gasteiger partial charge in [0.15, 0.2) is 5.71 Å². The maximum atomic E-state index is 13.9. The summed E-state index contributed by atoms with van der Waals surface area (Å²) in [5.41, 5.74) is 9.54. The Kier molecular flexibility index (Phi) is 19.0. The van der Waals surface area contributed by atoms with Gasteiger partial charge in [-0.25, -0.2) is 21.1 Å². The van der Waals surface area contributed by atoms with Gasteiger partial charge in [0.2, 0.25) is 27.5 Å². The van der Waals surface area contributed by atoms with E-state index in [0.29, 0.717) is 12.2 Å². The highest BCUT2D eigenvalue weighted by molar-refractivity contribution is 7.89. The SMILES string of the molecule is CC(=O)[O-].CC(=O)[O-].CN(CCCC(=O)NCC(=O)Nc1ccc(CC[N+]23CC[N+](C)(CC2)CC3)cc1)S(=O)(=O)c1ccc2c(c1)C(C)(C)C(/C=C1C=C(/C=C3\N(CCCS(=O)(=O)[O-])c4ccccc4C3(C)C)CC/1)=[N+]2C. The number of hydrogen-bond acceptors (Lipinski definition) is 12. The number of carboxylic acids is 2. The third kappa shape index (κ3) is 15.2. The van der Waals surface area contributed by atoms with Gasteiger partial charge >= 0.3 is 0 Å². The van der Waals surface area contributed by atoms with Crippen LogP contribution in [-0.2, 0) is 56.6 Å². The molecular weight excluding hydrogens is 1020 g/mol. The van der Waals surface area contributed by atoms with Crippen molar-refractivity contribution in [3.05, 3.63) is 118 Å². The molecule has 77 heavy (non-hydrogen) atoms. The molecule has 0 spiro atoms. The van der Waals surface area contributed by atoms with E-state index in [-0.39, 0.29) is 54.5 Å². The number of quaternary nitrogens is 2. The molecule has 0 saturated carbocycles. The zero-order chi connectivity index (χ0) is 56.7. The van der Waals surface area contributed by atoms with Crippen molar-refractivity contribution in [3.63, 3.8) is 0 Å². The van der Waals surface area contributed by atoms with E-state index in [1.54, 1.807) is 12.1 Å². The van der Waals surface area contributed by atoms with E-state index in [2.05, 4.69) is 91.3 Å². The standard InChI is InChI=1S/C53H69N7O7S2.2C2H4O2/c1-52(2)44-12-8-9-13-47(44)58(25-11-33-68(63,64)65)49(52)36-41-16-15-40(34-41)35-48-53(3,4)45-37-43(21-22-46(45)57(48)6)69(66,67)56(5)24-10-14-50(61)54-38-51(62)55-42-19-17-39(18-20-42)23-26-60-30-27-59(7,28-31-60)29-32-60;2*1-2(3)4/h8-9,12-13,17-22,34-37H,10-11,14-16,23-33,38H2,1-7H3;2*1H3,(H,3,4). The summed E-state index contributed by atoms with van der Waals surface area (Å²) in [5, 5.41) is 23.3. The van der Waals surface area contributed by atoms with E-state index in [9.17, 15) is 31.0 Å². The Balaban J connectivity index is 0.00000112. The number of benzene rings is 3. The van der Waals surface area contributed by atoms with Crippen LogP contribution in [0.3, 0.4) is 0 Å². The van der Waals surface area contributed by atoms with Gasteiger partial charge in [-0.05, 0) is 112 Å². The first-order valence-electron chi connectivity index (χ1n) is 26.3. The molecule has 9 rings (SSSR count). The molecule has 3 aromatic rings. The Labute approximate surface area is 455 Å². The summed E-state index contributed by atoms with van der Waals surface area (Å²) >= 11 is 0. The number of aliphatic carboxylic acids is 2. The maximum absolute atomic E-state index is 13.9. The molecular formula is C57H77N7O11S2. The summed E-state index contributed by atoms with van der Waals surface area (Å²) in [5.74, 6) is -3.23. The molecule has 2 bridgehead atoms. The molecule has 6 aliphatic rings. The number of anilines is 2. The van der Waals surface area contributed by atoms with Crippen molar-refractivity contribution < 1.29 is 64.3 Å². The summed E-state index contributed by atoms with van der Waals surface area (Å²) in [6.07, 6.45) is 9.90. The minimum absolute atomic E-state index is 0.0704. The predicted molar refractivity (Wildman–Crippen MR) is 293 cm³/mol. The molecule has 0 unspecified atom stereocenters. The van der Waals surface area contributed by atoms with Crippen LogP contribution >= 0.6 is 0 Å². The lowest BCUT2D eigenvalue weighted by Gasteiger charge is -2.54. The van der Waals surface area contributed by atoms with Gasteiger partial charge in [-0.3, -0.25) is 9.59 Å². The topological polar surface area (TPSA) is 239 Å². The number of nitrogens with zero attached hydrogens (tertiary/aromatic N) is 5. The molecule has 18 nitrogen and oxygen atoms in total. The summed E-state index contributed by atoms with van der Waals surface area (Å²) in [6.45, 7) is 19.6. The number of rotatable bonds is 18. The highest BCUT2D eigenvalue weighted by atomic mass is 32.2. The first-order valence-corrected chi connectivity index (χ1v) is 29.3. The fraction of sp³-hybridized carbons (Fsp3) is 0.491. The second kappa shape index (κ2) is 24.3. The molecule has 0 aromatic heterocycles. The number of amides is 2. The predicted octanol–water partition coefficient (Wildman–Crippen LogP) is 3.46. The molecule has 5 aliphatic heterocycles. The van der Waals surface area contributed by atoms with Crippen molar-refractivity contribution in [2.45, 2.75) is 95.8 Å². The minimum atomic E-state index is -4.33. The number of piperazine rings is 3. The third-order valence-corrected chi connectivity index (χ3v) is 18.4. The largest absolute Gasteiger partial charge is 0.748 e. The molecule has 0 atom stereocenters. The van der Waals surface area contributed by atoms with Crippen molar-refractivity contribution in [3.8, 4) is 0 Å². The number of para-hydroxylation sites is 1. The summed E-state index contributed by atoms with van der Waals surface area (Å²) < 4.78 is 68.1. The van der Waals surface area contributed by atoms with Crippen molar-refractivity contribution in [1.29, 1.82) is 0 Å². The Hall–Kier alpha value is -6.03. The zero-order valence-electron chi connectivity index (χ0n) is 46.1. The number of sulfonamides is 1. The second-order valence-corrected chi connectivity index (χ2v) is 25.9. The average molecular weight is 1100 g/mol. The normalized spacial score (nSPS) is 21.9. The van der Waals surface area contributed by atoms with Crippen LogP contribution in [-0.4, -0.2) is 161 Å². The van der Waals surface area contributed by atoms with Crippen LogP contribution in [0.5, 0.6) is 0 Å². The first kappa shape index (κ1) is 60.2. The average Bonchev–Trinajstić information content (AvgIpc) is 4.06. The molecule has 3 saturated heterocycles. The lowest BCUT2D eigenvalue weighted by molar-refractivity contribution is -1.07. The molecule has 0 radical (unpaired) electrons. The number of fused-ring (bicyclic) bond motifs is 5. The molecule has 20 heteroatoms. The fourth-order valence-corrected chi connectivity index (χ4v) is 12.9. The molecule has 1 aliphatic carbocycles. The Morgan fingerprint density at radius 2 is 1.43 bits per heavy atom. The lowest BCUT2D eigenvalue weighted by atomic mass is 9.81. The second-order valence-electron chi connectivity index (χ2n) is 22.3. The highest BCUT2D eigenvalue weighted by Gasteiger charge is 2.47. The first-order chi connectivity index (χ1) is 35.9. The zero-order valence-corrected chi connectivity index (χ0v) is 47.8. The van der Waals surface area contributed by atoms with Crippen LogP contribution < -0.4 is 25.7 Å². The van der Waals surface area contributed by atoms with Crippen molar-refractivity contribution in [2.24, 2.45) is 0 Å². The monoisotopic (exact) mass is 1100 g/mol. The number of carbonyl (C=O) groups excluding carboxylic acids is 4. The van der Waals surface area contributed by atoms with Gasteiger partial charge in [-0.1, -0.05) is 50.3 Å². The number of hydrogen-bond donors (Lipinski definition) is 2. The van der Waals surface area contributed by atoms with Gasteiger partial charge in [-0.15, -0.1) is 0 Å². The summed E-state index contributed by atoms with van der Waals surface area (Å²) in [4.78, 5) is 45.6. The van der Waals surface area contributed by atoms with Gasteiger partial charge in [0.05, 0.1) is 40.6 Å². The maximum Gasteiger partial charge on any atom is 0.243 e. The van der Waals surface area contributed by atoms with Gasteiger partial charge in [0.1, 0.15) is 46.3 Å². The quantitative estimate of drug-likeness (QED) is 0.106. The van der Waals surface area contributed by atoms with E-state index in [1.165, 1.54) is 65.2 Å². The van der Waals surface area contributed by atoms with Gasteiger partial charge in [0, 0.05) is 90.9 Å². The lowest BCUT2D eigenvalue weighted by Crippen LogP contribution is -2.73. The summed E-state index contributed by atoms with van der Waals surface area (Å²) in [7, 11) is -2.30. The molecule has 3 aromatic carbocycles. The van der Waals surface area contributed by atoms with Gasteiger partial charge in [-0.2, -0.15) is 4.58 Å². The van der Waals surface area contributed by atoms with Crippen LogP contribution in [0.15, 0.2) is 107 Å². The third-order valence-electron chi connectivity index (χ3n) is 15.8. The van der Waals surface area contributed by atoms with E-state index in [4.69, 9.17) is 19.8 Å². The number of allylic oxidation sites excluding steroid dienone is 6. The Morgan fingerprint density at radius 1 is 0.805 bits per heavy atom. The number of carboxylic acid groups (broad SMARTS) is 2. The van der Waals surface area contributed by atoms with Crippen LogP contribution in [0.4, 0.5) is 17.1 Å². The van der Waals surface area contributed by atoms with Gasteiger partial charge < -0.3 is 48.9 Å². The van der Waals surface area contributed by atoms with Crippen LogP contribution in [0.2, 0.25) is 0 Å². The Bertz CT molecular complexity index is 3040. The molecule has 5 heterocycles. The smallest absolute Gasteiger partial charge is 0.243 e. The van der Waals surface area contributed by atoms with Crippen molar-refractivity contribution in [1.82, 2.24) is 9.62 Å². The van der Waals surface area contributed by atoms with Crippen LogP contribution in [0.25, 0.3) is 0 Å². The fourth-order valence-electron chi connectivity index (χ4n) is 11.1. The molecule has 418 valence electrons. The van der Waals surface area contributed by atoms with E-state index in [1.807, 2.05) is 43.4 Å². The number of carbonyl (C=O) groups is 4. The van der Waals surface area contributed by atoms with E-state index in [0.717, 1.165) is 84.7 Å². The molecule has 2 N–H and O–H groups in total. The highest BCUT2D eigenvalue weighted by Crippen LogP contribution is 2.49. The minimum Gasteiger partial charge on any atom is -0.748 e. The van der Waals surface area contributed by atoms with Crippen molar-refractivity contribution >= 4 is 66.7 Å². The van der Waals surface area contributed by atoms with E-state index < -0.39 is 43.2 Å². The summed E-state index contributed by atoms with van der Waals surface area (Å²) in [6, 6.07) is 21.4. The van der Waals surface area contributed by atoms with E-state index >= 15 is 0 Å². The van der Waals surface area contributed by atoms with Gasteiger partial charge in [0.25, 0.3) is 0 Å². The molecule has 2 amide bonds. The number of nitrogens with one attached hydrogen (secondary N) is 2. The van der Waals surface area contributed by atoms with Crippen molar-refractivity contribution in [2.75, 3.05) is 103 Å². The molecule has 3 fully saturated rings. The Morgan fingerprint density at radius 3 is 2.05 bits per heavy atom.